The van der Waals surface area contributed by atoms with Crippen LogP contribution >= 0.6 is 0 Å². The molecule has 1 aromatic heterocycles. The van der Waals surface area contributed by atoms with Gasteiger partial charge in [0.05, 0.1) is 23.4 Å². The van der Waals surface area contributed by atoms with Crippen molar-refractivity contribution in [1.29, 1.82) is 5.26 Å². The highest BCUT2D eigenvalue weighted by molar-refractivity contribution is 5.86. The van der Waals surface area contributed by atoms with E-state index >= 15 is 0 Å². The van der Waals surface area contributed by atoms with E-state index in [2.05, 4.69) is 10.3 Å². The van der Waals surface area contributed by atoms with Crippen molar-refractivity contribution in [2.75, 3.05) is 6.54 Å². The van der Waals surface area contributed by atoms with Gasteiger partial charge in [0.15, 0.2) is 0 Å². The Morgan fingerprint density at radius 2 is 1.97 bits per heavy atom. The van der Waals surface area contributed by atoms with Gasteiger partial charge in [0, 0.05) is 24.7 Å². The maximum absolute atomic E-state index is 13.6. The molecule has 0 radical (unpaired) electrons. The van der Waals surface area contributed by atoms with E-state index in [0.717, 1.165) is 12.1 Å². The van der Waals surface area contributed by atoms with Crippen LogP contribution in [0.25, 0.3) is 11.3 Å². The highest BCUT2D eigenvalue weighted by atomic mass is 19.4. The number of alkyl halides is 4. The van der Waals surface area contributed by atoms with Gasteiger partial charge in [0.2, 0.25) is 5.91 Å². The van der Waals surface area contributed by atoms with Crippen LogP contribution in [0.5, 0.6) is 0 Å². The van der Waals surface area contributed by atoms with Gasteiger partial charge in [-0.3, -0.25) is 14.7 Å². The zero-order valence-corrected chi connectivity index (χ0v) is 15.9. The third kappa shape index (κ3) is 4.91. The normalized spacial score (nSPS) is 18.5. The quantitative estimate of drug-likeness (QED) is 0.715. The van der Waals surface area contributed by atoms with Gasteiger partial charge in [-0.1, -0.05) is 12.1 Å². The number of halogens is 4. The van der Waals surface area contributed by atoms with E-state index < -0.39 is 42.5 Å². The molecule has 3 rings (SSSR count). The van der Waals surface area contributed by atoms with E-state index in [4.69, 9.17) is 5.11 Å². The first kappa shape index (κ1) is 22.0. The lowest BCUT2D eigenvalue weighted by molar-refractivity contribution is -0.137. The van der Waals surface area contributed by atoms with Crippen molar-refractivity contribution in [3.63, 3.8) is 0 Å². The molecule has 1 saturated heterocycles. The van der Waals surface area contributed by atoms with Crippen molar-refractivity contribution in [1.82, 2.24) is 15.2 Å². The maximum Gasteiger partial charge on any atom is 0.416 e. The Balaban J connectivity index is 1.78. The summed E-state index contributed by atoms with van der Waals surface area (Å²) in [6, 6.07) is 6.46. The number of carboxylic acid groups (broad SMARTS) is 1. The molecule has 7 nitrogen and oxygen atoms in total. The number of likely N-dealkylation sites (tertiary alicyclic amines) is 1. The van der Waals surface area contributed by atoms with E-state index in [-0.39, 0.29) is 24.2 Å². The molecule has 1 aromatic carbocycles. The first-order valence-electron chi connectivity index (χ1n) is 9.08. The Kier molecular flexibility index (Phi) is 6.10. The summed E-state index contributed by atoms with van der Waals surface area (Å²) in [6.45, 7) is -0.566. The number of nitrogens with one attached hydrogen (secondary N) is 1. The molecule has 1 fully saturated rings. The van der Waals surface area contributed by atoms with Crippen molar-refractivity contribution >= 4 is 12.0 Å². The highest BCUT2D eigenvalue weighted by Gasteiger charge is 2.39. The molecule has 0 aliphatic carbocycles. The molecule has 31 heavy (non-hydrogen) atoms. The van der Waals surface area contributed by atoms with Crippen LogP contribution < -0.4 is 5.32 Å². The van der Waals surface area contributed by atoms with Crippen LogP contribution in [0.1, 0.15) is 23.1 Å². The summed E-state index contributed by atoms with van der Waals surface area (Å²) in [7, 11) is 0. The molecular weight excluding hydrogens is 420 g/mol. The Morgan fingerprint density at radius 3 is 2.55 bits per heavy atom. The number of hydrogen-bond donors (Lipinski definition) is 2. The predicted octanol–water partition coefficient (Wildman–Crippen LogP) is 3.35. The van der Waals surface area contributed by atoms with Crippen LogP contribution in [0.3, 0.4) is 0 Å². The minimum Gasteiger partial charge on any atom is -0.465 e. The van der Waals surface area contributed by atoms with Crippen molar-refractivity contribution in [2.24, 2.45) is 0 Å². The van der Waals surface area contributed by atoms with Crippen LogP contribution in [0.4, 0.5) is 22.4 Å². The number of aromatic nitrogens is 1. The smallest absolute Gasteiger partial charge is 0.416 e. The molecule has 0 saturated carbocycles. The number of benzene rings is 1. The zero-order chi connectivity index (χ0) is 22.8. The van der Waals surface area contributed by atoms with Crippen LogP contribution in [-0.4, -0.2) is 45.7 Å². The summed E-state index contributed by atoms with van der Waals surface area (Å²) in [5.74, 6) is -0.709. The summed E-state index contributed by atoms with van der Waals surface area (Å²) in [5, 5.41) is 20.9. The zero-order valence-electron chi connectivity index (χ0n) is 15.9. The number of nitriles is 1. The highest BCUT2D eigenvalue weighted by Crippen LogP contribution is 2.31. The number of amides is 2. The largest absolute Gasteiger partial charge is 0.465 e. The van der Waals surface area contributed by atoms with Crippen molar-refractivity contribution in [3.05, 3.63) is 53.2 Å². The van der Waals surface area contributed by atoms with Gasteiger partial charge >= 0.3 is 12.3 Å². The number of carbonyl (C=O) groups excluding carboxylic acids is 1. The van der Waals surface area contributed by atoms with Gasteiger partial charge in [0.1, 0.15) is 18.3 Å². The molecular formula is C20H16F4N4O3. The summed E-state index contributed by atoms with van der Waals surface area (Å²) < 4.78 is 51.8. The van der Waals surface area contributed by atoms with Crippen molar-refractivity contribution in [3.8, 4) is 17.3 Å². The third-order valence-electron chi connectivity index (χ3n) is 4.87. The van der Waals surface area contributed by atoms with Gasteiger partial charge in [0.25, 0.3) is 0 Å². The molecule has 2 amide bonds. The summed E-state index contributed by atoms with van der Waals surface area (Å²) >= 11 is 0. The molecule has 2 atom stereocenters. The van der Waals surface area contributed by atoms with Crippen molar-refractivity contribution in [2.45, 2.75) is 31.4 Å². The minimum atomic E-state index is -4.48. The number of nitrogens with zero attached hydrogens (tertiary/aromatic N) is 3. The van der Waals surface area contributed by atoms with Gasteiger partial charge in [-0.05, 0) is 23.8 Å². The average Bonchev–Trinajstić information content (AvgIpc) is 3.13. The standard InChI is InChI=1S/C20H16F4N4O3/c21-15-6-17(28(10-15)19(30)31)18(29)27-8-12-5-16(26-9-13(12)7-25)11-1-3-14(4-2-11)20(22,23)24/h1-5,9,15,17H,6,8,10H2,(H,27,29)(H,30,31)/t15-,17+/m1/s1. The van der Waals surface area contributed by atoms with Gasteiger partial charge < -0.3 is 10.4 Å². The Bertz CT molecular complexity index is 1030. The molecule has 0 spiro atoms. The molecule has 0 bridgehead atoms. The lowest BCUT2D eigenvalue weighted by Crippen LogP contribution is -2.45. The molecule has 11 heteroatoms. The van der Waals surface area contributed by atoms with Crippen LogP contribution in [0, 0.1) is 11.3 Å². The van der Waals surface area contributed by atoms with E-state index in [0.29, 0.717) is 16.0 Å². The SMILES string of the molecule is N#Cc1cnc(-c2ccc(C(F)(F)F)cc2)cc1CNC(=O)[C@@H]1C[C@@H](F)CN1C(=O)O. The lowest BCUT2D eigenvalue weighted by atomic mass is 10.0. The third-order valence-corrected chi connectivity index (χ3v) is 4.87. The summed E-state index contributed by atoms with van der Waals surface area (Å²) in [5.41, 5.74) is 0.299. The number of rotatable bonds is 4. The van der Waals surface area contributed by atoms with E-state index in [9.17, 15) is 32.4 Å². The van der Waals surface area contributed by atoms with Crippen LogP contribution in [-0.2, 0) is 17.5 Å². The van der Waals surface area contributed by atoms with Crippen LogP contribution in [0.15, 0.2) is 36.5 Å². The average molecular weight is 436 g/mol. The fourth-order valence-electron chi connectivity index (χ4n) is 3.28. The molecule has 2 aromatic rings. The van der Waals surface area contributed by atoms with E-state index in [1.54, 1.807) is 0 Å². The Morgan fingerprint density at radius 1 is 1.29 bits per heavy atom. The second-order valence-electron chi connectivity index (χ2n) is 6.92. The first-order chi connectivity index (χ1) is 14.6. The van der Waals surface area contributed by atoms with E-state index in [1.165, 1.54) is 24.4 Å². The number of hydrogen-bond acceptors (Lipinski definition) is 4. The fourth-order valence-corrected chi connectivity index (χ4v) is 3.28. The van der Waals surface area contributed by atoms with Gasteiger partial charge in [-0.25, -0.2) is 9.18 Å². The van der Waals surface area contributed by atoms with Crippen LogP contribution in [0.2, 0.25) is 0 Å². The minimum absolute atomic E-state index is 0.126. The van der Waals surface area contributed by atoms with Gasteiger partial charge in [-0.15, -0.1) is 0 Å². The lowest BCUT2D eigenvalue weighted by Gasteiger charge is -2.20. The topological polar surface area (TPSA) is 106 Å². The molecule has 162 valence electrons. The summed E-state index contributed by atoms with van der Waals surface area (Å²) in [4.78, 5) is 28.3. The predicted molar refractivity (Wildman–Crippen MR) is 99.3 cm³/mol. The second kappa shape index (κ2) is 8.59. The first-order valence-corrected chi connectivity index (χ1v) is 9.08. The summed E-state index contributed by atoms with van der Waals surface area (Å²) in [6.07, 6.45) is -6.38. The maximum atomic E-state index is 13.6. The second-order valence-corrected chi connectivity index (χ2v) is 6.92. The Hall–Kier alpha value is -3.68. The number of carbonyl (C=O) groups is 2. The molecule has 0 unspecified atom stereocenters. The molecule has 1 aliphatic heterocycles. The molecule has 2 N–H and O–H groups in total. The Labute approximate surface area is 173 Å². The number of pyridine rings is 1. The van der Waals surface area contributed by atoms with E-state index in [1.807, 2.05) is 6.07 Å². The monoisotopic (exact) mass is 436 g/mol. The fraction of sp³-hybridized carbons (Fsp3) is 0.300. The van der Waals surface area contributed by atoms with Crippen molar-refractivity contribution < 1.29 is 32.3 Å². The molecule has 2 heterocycles. The molecule has 1 aliphatic rings. The van der Waals surface area contributed by atoms with Gasteiger partial charge in [-0.2, -0.15) is 18.4 Å².